The van der Waals surface area contributed by atoms with Gasteiger partial charge in [-0.25, -0.2) is 13.2 Å². The number of esters is 1. The Bertz CT molecular complexity index is 1210. The molecule has 0 saturated heterocycles. The number of nitrogens with zero attached hydrogens (tertiary/aromatic N) is 2. The molecule has 0 aliphatic rings. The van der Waals surface area contributed by atoms with Gasteiger partial charge >= 0.3 is 5.97 Å². The lowest BCUT2D eigenvalue weighted by Crippen LogP contribution is -2.27. The Hall–Kier alpha value is -3.43. The maximum atomic E-state index is 13.0. The van der Waals surface area contributed by atoms with Crippen molar-refractivity contribution in [3.05, 3.63) is 93.5 Å². The second-order valence-corrected chi connectivity index (χ2v) is 8.44. The smallest absolute Gasteiger partial charge is 0.343 e. The van der Waals surface area contributed by atoms with Crippen molar-refractivity contribution in [3.8, 4) is 5.75 Å². The van der Waals surface area contributed by atoms with Gasteiger partial charge in [0, 0.05) is 13.1 Å². The third-order valence-electron chi connectivity index (χ3n) is 4.16. The number of rotatable bonds is 6. The summed E-state index contributed by atoms with van der Waals surface area (Å²) in [4.78, 5) is 22.4. The number of nitro groups is 1. The first kappa shape index (κ1) is 21.3. The van der Waals surface area contributed by atoms with Crippen molar-refractivity contribution >= 4 is 39.0 Å². The number of halogens is 1. The summed E-state index contributed by atoms with van der Waals surface area (Å²) in [5.74, 6) is -0.930. The monoisotopic (exact) mass is 446 g/mol. The number of ether oxygens (including phenoxy) is 1. The van der Waals surface area contributed by atoms with Crippen molar-refractivity contribution in [2.75, 3.05) is 11.4 Å². The summed E-state index contributed by atoms with van der Waals surface area (Å²) in [5, 5.41) is 10.8. The van der Waals surface area contributed by atoms with Gasteiger partial charge in [0.2, 0.25) is 0 Å². The fraction of sp³-hybridized carbons (Fsp3) is 0.0500. The number of nitro benzene ring substituents is 1. The highest BCUT2D eigenvalue weighted by atomic mass is 35.5. The first-order valence-electron chi connectivity index (χ1n) is 8.50. The Morgan fingerprint density at radius 2 is 1.73 bits per heavy atom. The minimum absolute atomic E-state index is 0.0463. The van der Waals surface area contributed by atoms with E-state index in [1.807, 2.05) is 0 Å². The van der Waals surface area contributed by atoms with Crippen molar-refractivity contribution in [2.24, 2.45) is 0 Å². The lowest BCUT2D eigenvalue weighted by Gasteiger charge is -2.20. The molecule has 0 atom stereocenters. The van der Waals surface area contributed by atoms with E-state index in [9.17, 15) is 23.3 Å². The zero-order valence-corrected chi connectivity index (χ0v) is 17.1. The van der Waals surface area contributed by atoms with Gasteiger partial charge in [0.05, 0.1) is 27.3 Å². The Kier molecular flexibility index (Phi) is 6.04. The number of para-hydroxylation sites is 1. The van der Waals surface area contributed by atoms with E-state index in [2.05, 4.69) is 0 Å². The second kappa shape index (κ2) is 8.52. The van der Waals surface area contributed by atoms with Gasteiger partial charge in [0.15, 0.2) is 0 Å². The van der Waals surface area contributed by atoms with Crippen molar-refractivity contribution in [1.29, 1.82) is 0 Å². The van der Waals surface area contributed by atoms with E-state index in [1.54, 1.807) is 30.3 Å². The molecule has 0 spiro atoms. The number of hydrogen-bond acceptors (Lipinski definition) is 6. The number of sulfonamides is 1. The third-order valence-corrected chi connectivity index (χ3v) is 6.43. The number of hydrogen-bond donors (Lipinski definition) is 0. The van der Waals surface area contributed by atoms with Crippen LogP contribution in [0.25, 0.3) is 0 Å². The van der Waals surface area contributed by atoms with E-state index >= 15 is 0 Å². The van der Waals surface area contributed by atoms with Crippen LogP contribution in [0.2, 0.25) is 5.02 Å². The normalized spacial score (nSPS) is 11.0. The highest BCUT2D eigenvalue weighted by Gasteiger charge is 2.26. The molecule has 0 heterocycles. The van der Waals surface area contributed by atoms with Crippen LogP contribution in [0, 0.1) is 10.1 Å². The molecule has 3 rings (SSSR count). The Balaban J connectivity index is 1.92. The van der Waals surface area contributed by atoms with Gasteiger partial charge in [0.1, 0.15) is 10.6 Å². The number of benzene rings is 3. The molecular formula is C20H15ClN2O6S. The predicted octanol–water partition coefficient (Wildman–Crippen LogP) is 4.29. The van der Waals surface area contributed by atoms with Crippen LogP contribution in [0.4, 0.5) is 11.4 Å². The summed E-state index contributed by atoms with van der Waals surface area (Å²) in [5.41, 5.74) is 0.0910. The molecule has 154 valence electrons. The summed E-state index contributed by atoms with van der Waals surface area (Å²) < 4.78 is 32.2. The molecule has 0 aromatic heterocycles. The van der Waals surface area contributed by atoms with E-state index in [1.165, 1.54) is 37.4 Å². The molecule has 0 bridgehead atoms. The lowest BCUT2D eigenvalue weighted by molar-refractivity contribution is -0.384. The largest absolute Gasteiger partial charge is 0.423 e. The van der Waals surface area contributed by atoms with Gasteiger partial charge in [-0.05, 0) is 36.4 Å². The molecule has 0 N–H and O–H groups in total. The average Bonchev–Trinajstić information content (AvgIpc) is 2.74. The lowest BCUT2D eigenvalue weighted by atomic mass is 10.2. The minimum Gasteiger partial charge on any atom is -0.423 e. The summed E-state index contributed by atoms with van der Waals surface area (Å²) >= 11 is 6.10. The van der Waals surface area contributed by atoms with Crippen LogP contribution in [0.1, 0.15) is 10.4 Å². The molecule has 0 aliphatic carbocycles. The molecule has 30 heavy (non-hydrogen) atoms. The molecule has 0 radical (unpaired) electrons. The van der Waals surface area contributed by atoms with Crippen LogP contribution in [0.3, 0.4) is 0 Å². The molecule has 0 amide bonds. The maximum Gasteiger partial charge on any atom is 0.343 e. The van der Waals surface area contributed by atoms with Crippen molar-refractivity contribution in [1.82, 2.24) is 0 Å². The van der Waals surface area contributed by atoms with Crippen LogP contribution in [-0.2, 0) is 10.0 Å². The van der Waals surface area contributed by atoms with Crippen LogP contribution in [0.15, 0.2) is 77.7 Å². The molecular weight excluding hydrogens is 432 g/mol. The molecule has 0 saturated carbocycles. The molecule has 0 unspecified atom stereocenters. The minimum atomic E-state index is -4.07. The zero-order chi connectivity index (χ0) is 21.9. The standard InChI is InChI=1S/C20H15ClN2O6S/c1-22(15-6-3-2-4-7-15)30(27,28)19-12-14(10-11-18(19)21)20(24)29-17-9-5-8-16(13-17)23(25)26/h2-13H,1H3. The van der Waals surface area contributed by atoms with Gasteiger partial charge in [-0.15, -0.1) is 0 Å². The van der Waals surface area contributed by atoms with E-state index < -0.39 is 20.9 Å². The molecule has 10 heteroatoms. The Labute approximate surface area is 177 Å². The van der Waals surface area contributed by atoms with E-state index in [0.717, 1.165) is 16.4 Å². The summed E-state index contributed by atoms with van der Waals surface area (Å²) in [6.07, 6.45) is 0. The van der Waals surface area contributed by atoms with Gasteiger partial charge < -0.3 is 4.74 Å². The fourth-order valence-corrected chi connectivity index (χ4v) is 4.27. The molecule has 0 aliphatic heterocycles. The topological polar surface area (TPSA) is 107 Å². The van der Waals surface area contributed by atoms with Crippen LogP contribution < -0.4 is 9.04 Å². The number of carbonyl (C=O) groups is 1. The SMILES string of the molecule is CN(c1ccccc1)S(=O)(=O)c1cc(C(=O)Oc2cccc([N+](=O)[O-])c2)ccc1Cl. The van der Waals surface area contributed by atoms with Crippen molar-refractivity contribution in [2.45, 2.75) is 4.90 Å². The summed E-state index contributed by atoms with van der Waals surface area (Å²) in [6.45, 7) is 0. The Morgan fingerprint density at radius 3 is 2.40 bits per heavy atom. The van der Waals surface area contributed by atoms with Gasteiger partial charge in [-0.2, -0.15) is 0 Å². The maximum absolute atomic E-state index is 13.0. The quantitative estimate of drug-likeness (QED) is 0.242. The van der Waals surface area contributed by atoms with E-state index in [-0.39, 0.29) is 26.9 Å². The zero-order valence-electron chi connectivity index (χ0n) is 15.6. The van der Waals surface area contributed by atoms with Gasteiger partial charge in [-0.1, -0.05) is 35.9 Å². The van der Waals surface area contributed by atoms with Crippen LogP contribution in [0.5, 0.6) is 5.75 Å². The molecule has 8 nitrogen and oxygen atoms in total. The average molecular weight is 447 g/mol. The molecule has 3 aromatic carbocycles. The second-order valence-electron chi connectivity index (χ2n) is 6.10. The number of carbonyl (C=O) groups excluding carboxylic acids is 1. The van der Waals surface area contributed by atoms with Gasteiger partial charge in [-0.3, -0.25) is 14.4 Å². The highest BCUT2D eigenvalue weighted by Crippen LogP contribution is 2.29. The van der Waals surface area contributed by atoms with Crippen molar-refractivity contribution < 1.29 is 22.9 Å². The first-order chi connectivity index (χ1) is 14.2. The molecule has 3 aromatic rings. The number of anilines is 1. The highest BCUT2D eigenvalue weighted by molar-refractivity contribution is 7.93. The summed E-state index contributed by atoms with van der Waals surface area (Å²) in [6, 6.07) is 17.1. The first-order valence-corrected chi connectivity index (χ1v) is 10.3. The Morgan fingerprint density at radius 1 is 1.03 bits per heavy atom. The third kappa shape index (κ3) is 4.42. The number of non-ortho nitro benzene ring substituents is 1. The molecule has 0 fully saturated rings. The van der Waals surface area contributed by atoms with E-state index in [0.29, 0.717) is 5.69 Å². The van der Waals surface area contributed by atoms with E-state index in [4.69, 9.17) is 16.3 Å². The van der Waals surface area contributed by atoms with Crippen molar-refractivity contribution in [3.63, 3.8) is 0 Å². The van der Waals surface area contributed by atoms with Crippen LogP contribution in [-0.4, -0.2) is 26.4 Å². The summed E-state index contributed by atoms with van der Waals surface area (Å²) in [7, 11) is -2.70. The fourth-order valence-electron chi connectivity index (χ4n) is 2.58. The van der Waals surface area contributed by atoms with Gasteiger partial charge in [0.25, 0.3) is 15.7 Å². The van der Waals surface area contributed by atoms with Crippen LogP contribution >= 0.6 is 11.6 Å². The predicted molar refractivity (Wildman–Crippen MR) is 112 cm³/mol.